The van der Waals surface area contributed by atoms with E-state index in [0.717, 1.165) is 11.8 Å². The Bertz CT molecular complexity index is 1080. The first kappa shape index (κ1) is 18.8. The average molecular weight is 393 g/mol. The molecule has 10 heteroatoms. The molecule has 0 unspecified atom stereocenters. The molecule has 27 heavy (non-hydrogen) atoms. The van der Waals surface area contributed by atoms with Crippen LogP contribution in [0, 0.1) is 20.4 Å². The van der Waals surface area contributed by atoms with Crippen LogP contribution in [-0.4, -0.2) is 32.7 Å². The molecule has 0 aliphatic carbocycles. The van der Waals surface area contributed by atoms with E-state index >= 15 is 0 Å². The molecule has 1 amide bonds. The lowest BCUT2D eigenvalue weighted by Gasteiger charge is -2.16. The predicted octanol–water partition coefficient (Wildman–Crippen LogP) is 4.31. The van der Waals surface area contributed by atoms with Crippen LogP contribution in [-0.2, 0) is 0 Å². The maximum absolute atomic E-state index is 12.7. The molecule has 6 nitrogen and oxygen atoms in total. The van der Waals surface area contributed by atoms with Gasteiger partial charge >= 0.3 is 6.18 Å². The van der Waals surface area contributed by atoms with Gasteiger partial charge in [-0.2, -0.15) is 29.6 Å². The Morgan fingerprint density at radius 2 is 2.07 bits per heavy atom. The summed E-state index contributed by atoms with van der Waals surface area (Å²) in [6, 6.07) is 1.46. The van der Waals surface area contributed by atoms with Crippen LogP contribution in [0.2, 0.25) is 0 Å². The van der Waals surface area contributed by atoms with Gasteiger partial charge in [0.25, 0.3) is 5.91 Å². The minimum atomic E-state index is -4.55. The van der Waals surface area contributed by atoms with Crippen LogP contribution in [0.3, 0.4) is 0 Å². The van der Waals surface area contributed by atoms with E-state index in [0.29, 0.717) is 22.0 Å². The summed E-state index contributed by atoms with van der Waals surface area (Å²) in [6.07, 6.45) is -3.36. The highest BCUT2D eigenvalue weighted by molar-refractivity contribution is 7.16. The Morgan fingerprint density at radius 3 is 2.70 bits per heavy atom. The van der Waals surface area contributed by atoms with Crippen molar-refractivity contribution in [1.29, 1.82) is 0 Å². The maximum atomic E-state index is 12.7. The molecule has 0 fully saturated rings. The Labute approximate surface area is 156 Å². The summed E-state index contributed by atoms with van der Waals surface area (Å²) in [5.41, 5.74) is 1.62. The molecule has 0 saturated heterocycles. The molecule has 0 bridgehead atoms. The SMILES string of the molecule is [C-]#[N+]c1cc(C)sc1-c1cc(C)n2ncc(C(=O)N[C@H](C)C(F)(F)F)c2n1. The minimum Gasteiger partial charge on any atom is -0.340 e. The fraction of sp³-hybridized carbons (Fsp3) is 0.294. The quantitative estimate of drug-likeness (QED) is 0.675. The number of nitrogens with one attached hydrogen (secondary N) is 1. The van der Waals surface area contributed by atoms with Crippen LogP contribution >= 0.6 is 11.3 Å². The van der Waals surface area contributed by atoms with Gasteiger partial charge in [0.1, 0.15) is 11.6 Å². The summed E-state index contributed by atoms with van der Waals surface area (Å²) >= 11 is 1.38. The van der Waals surface area contributed by atoms with Gasteiger partial charge in [-0.25, -0.2) is 14.3 Å². The third-order valence-electron chi connectivity index (χ3n) is 3.92. The van der Waals surface area contributed by atoms with E-state index in [-0.39, 0.29) is 11.2 Å². The molecule has 0 spiro atoms. The van der Waals surface area contributed by atoms with Gasteiger partial charge in [0, 0.05) is 5.69 Å². The predicted molar refractivity (Wildman–Crippen MR) is 95.0 cm³/mol. The first-order valence-electron chi connectivity index (χ1n) is 7.83. The second-order valence-electron chi connectivity index (χ2n) is 6.00. The Balaban J connectivity index is 2.08. The van der Waals surface area contributed by atoms with E-state index in [1.54, 1.807) is 19.1 Å². The van der Waals surface area contributed by atoms with E-state index in [9.17, 15) is 18.0 Å². The second-order valence-corrected chi connectivity index (χ2v) is 7.25. The number of fused-ring (bicyclic) bond motifs is 1. The van der Waals surface area contributed by atoms with Crippen molar-refractivity contribution in [1.82, 2.24) is 19.9 Å². The van der Waals surface area contributed by atoms with Crippen LogP contribution in [0.5, 0.6) is 0 Å². The van der Waals surface area contributed by atoms with Gasteiger partial charge in [-0.1, -0.05) is 0 Å². The van der Waals surface area contributed by atoms with Crippen molar-refractivity contribution in [3.63, 3.8) is 0 Å². The molecule has 3 aromatic rings. The van der Waals surface area contributed by atoms with E-state index in [2.05, 4.69) is 14.9 Å². The van der Waals surface area contributed by atoms with Crippen LogP contribution < -0.4 is 5.32 Å². The zero-order chi connectivity index (χ0) is 19.9. The molecule has 3 aromatic heterocycles. The van der Waals surface area contributed by atoms with E-state index in [1.165, 1.54) is 22.0 Å². The summed E-state index contributed by atoms with van der Waals surface area (Å²) in [5, 5.41) is 5.96. The molecular weight excluding hydrogens is 379 g/mol. The van der Waals surface area contributed by atoms with Gasteiger partial charge in [-0.3, -0.25) is 4.79 Å². The number of carbonyl (C=O) groups is 1. The van der Waals surface area contributed by atoms with Crippen LogP contribution in [0.15, 0.2) is 18.3 Å². The van der Waals surface area contributed by atoms with Crippen LogP contribution in [0.25, 0.3) is 21.1 Å². The monoisotopic (exact) mass is 393 g/mol. The molecule has 1 atom stereocenters. The number of hydrogen-bond donors (Lipinski definition) is 1. The summed E-state index contributed by atoms with van der Waals surface area (Å²) in [5.74, 6) is -0.911. The largest absolute Gasteiger partial charge is 0.408 e. The van der Waals surface area contributed by atoms with Gasteiger partial charge in [0.15, 0.2) is 5.65 Å². The molecule has 3 heterocycles. The highest BCUT2D eigenvalue weighted by atomic mass is 32.1. The number of nitrogens with zero attached hydrogens (tertiary/aromatic N) is 4. The van der Waals surface area contributed by atoms with Crippen molar-refractivity contribution >= 4 is 28.6 Å². The fourth-order valence-electron chi connectivity index (χ4n) is 2.51. The van der Waals surface area contributed by atoms with Crippen LogP contribution in [0.1, 0.15) is 27.9 Å². The van der Waals surface area contributed by atoms with Gasteiger partial charge in [-0.15, -0.1) is 0 Å². The van der Waals surface area contributed by atoms with Crippen molar-refractivity contribution in [2.45, 2.75) is 33.0 Å². The van der Waals surface area contributed by atoms with E-state index in [1.807, 2.05) is 12.2 Å². The zero-order valence-electron chi connectivity index (χ0n) is 14.5. The van der Waals surface area contributed by atoms with Crippen molar-refractivity contribution in [2.75, 3.05) is 0 Å². The lowest BCUT2D eigenvalue weighted by molar-refractivity contribution is -0.149. The molecule has 0 aliphatic rings. The first-order chi connectivity index (χ1) is 12.6. The summed E-state index contributed by atoms with van der Waals surface area (Å²) in [7, 11) is 0. The third-order valence-corrected chi connectivity index (χ3v) is 4.98. The number of alkyl halides is 3. The number of aromatic nitrogens is 3. The number of aryl methyl sites for hydroxylation is 2. The Morgan fingerprint density at radius 1 is 1.37 bits per heavy atom. The van der Waals surface area contributed by atoms with E-state index in [4.69, 9.17) is 6.57 Å². The lowest BCUT2D eigenvalue weighted by Crippen LogP contribution is -2.43. The smallest absolute Gasteiger partial charge is 0.340 e. The normalized spacial score (nSPS) is 12.8. The van der Waals surface area contributed by atoms with Crippen molar-refractivity contribution in [3.8, 4) is 10.6 Å². The molecule has 0 saturated carbocycles. The Kier molecular flexibility index (Phi) is 4.65. The lowest BCUT2D eigenvalue weighted by atomic mass is 10.2. The summed E-state index contributed by atoms with van der Waals surface area (Å²) in [4.78, 5) is 21.8. The van der Waals surface area contributed by atoms with E-state index < -0.39 is 18.1 Å². The topological polar surface area (TPSA) is 63.7 Å². The standard InChI is InChI=1S/C17H14F3N5OS/c1-8-5-13(14-12(21-4)6-9(2)27-14)24-15-11(7-22-25(8)15)16(26)23-10(3)17(18,19)20/h5-7,10H,1-3H3,(H,23,26)/t10-/m1/s1. The maximum Gasteiger partial charge on any atom is 0.408 e. The van der Waals surface area contributed by atoms with Crippen molar-refractivity contribution in [3.05, 3.63) is 45.9 Å². The molecule has 140 valence electrons. The number of thiophene rings is 1. The van der Waals surface area contributed by atoms with Crippen molar-refractivity contribution in [2.24, 2.45) is 0 Å². The average Bonchev–Trinajstić information content (AvgIpc) is 3.17. The molecule has 3 rings (SSSR count). The molecular formula is C17H14F3N5OS. The Hall–Kier alpha value is -2.93. The molecule has 0 radical (unpaired) electrons. The summed E-state index contributed by atoms with van der Waals surface area (Å²) < 4.78 is 39.6. The number of halogens is 3. The zero-order valence-corrected chi connectivity index (χ0v) is 15.4. The van der Waals surface area contributed by atoms with Crippen LogP contribution in [0.4, 0.5) is 18.9 Å². The third kappa shape index (κ3) is 3.50. The van der Waals surface area contributed by atoms with Crippen molar-refractivity contribution < 1.29 is 18.0 Å². The molecule has 0 aliphatic heterocycles. The van der Waals surface area contributed by atoms with Gasteiger partial charge < -0.3 is 5.32 Å². The highest BCUT2D eigenvalue weighted by Gasteiger charge is 2.37. The molecule has 0 aromatic carbocycles. The summed E-state index contributed by atoms with van der Waals surface area (Å²) in [6.45, 7) is 11.8. The highest BCUT2D eigenvalue weighted by Crippen LogP contribution is 2.38. The fourth-order valence-corrected chi connectivity index (χ4v) is 3.42. The number of hydrogen-bond acceptors (Lipinski definition) is 4. The number of carbonyl (C=O) groups excluding carboxylic acids is 1. The van der Waals surface area contributed by atoms with Gasteiger partial charge in [-0.05, 0) is 37.8 Å². The second kappa shape index (κ2) is 6.66. The molecule has 1 N–H and O–H groups in total. The number of rotatable bonds is 3. The first-order valence-corrected chi connectivity index (χ1v) is 8.64. The number of amides is 1. The van der Waals surface area contributed by atoms with Gasteiger partial charge in [0.05, 0.1) is 23.3 Å². The minimum absolute atomic E-state index is 0.0614. The van der Waals surface area contributed by atoms with Gasteiger partial charge in [0.2, 0.25) is 5.69 Å².